The van der Waals surface area contributed by atoms with Crippen molar-refractivity contribution in [3.05, 3.63) is 11.8 Å². The van der Waals surface area contributed by atoms with Crippen LogP contribution in [-0.4, -0.2) is 22.7 Å². The summed E-state index contributed by atoms with van der Waals surface area (Å²) in [5.74, 6) is 3.54. The molecule has 18 heavy (non-hydrogen) atoms. The first-order chi connectivity index (χ1) is 8.12. The average Bonchev–Trinajstić information content (AvgIpc) is 2.24. The number of alkyl halides is 6. The maximum absolute atomic E-state index is 12.3. The smallest absolute Gasteiger partial charge is 0.361 e. The molecule has 0 saturated heterocycles. The highest BCUT2D eigenvalue weighted by molar-refractivity contribution is 5.42. The Morgan fingerprint density at radius 3 is 2.17 bits per heavy atom. The van der Waals surface area contributed by atoms with Gasteiger partial charge in [-0.3, -0.25) is 5.43 Å². The first-order valence-electron chi connectivity index (χ1n) is 4.35. The quantitative estimate of drug-likeness (QED) is 0.445. The molecule has 11 heteroatoms. The van der Waals surface area contributed by atoms with Gasteiger partial charge in [-0.15, -0.1) is 0 Å². The fourth-order valence-corrected chi connectivity index (χ4v) is 0.938. The largest absolute Gasteiger partial charge is 0.433 e. The molecule has 0 bridgehead atoms. The lowest BCUT2D eigenvalue weighted by Gasteiger charge is -2.12. The summed E-state index contributed by atoms with van der Waals surface area (Å²) in [6.45, 7) is -1.52. The highest BCUT2D eigenvalue weighted by atomic mass is 19.4. The van der Waals surface area contributed by atoms with Crippen molar-refractivity contribution in [2.24, 2.45) is 5.84 Å². The third-order valence-electron chi connectivity index (χ3n) is 1.62. The van der Waals surface area contributed by atoms with Gasteiger partial charge in [-0.2, -0.15) is 31.3 Å². The molecule has 0 atom stereocenters. The molecule has 0 aliphatic rings. The zero-order chi connectivity index (χ0) is 14.0. The van der Waals surface area contributed by atoms with Crippen LogP contribution in [0.15, 0.2) is 6.07 Å². The zero-order valence-corrected chi connectivity index (χ0v) is 8.52. The van der Waals surface area contributed by atoms with E-state index >= 15 is 0 Å². The van der Waals surface area contributed by atoms with Crippen molar-refractivity contribution in [1.82, 2.24) is 9.97 Å². The number of nitrogens with zero attached hydrogens (tertiary/aromatic N) is 2. The molecule has 0 unspecified atom stereocenters. The molecule has 0 aliphatic carbocycles. The van der Waals surface area contributed by atoms with E-state index in [1.807, 2.05) is 0 Å². The van der Waals surface area contributed by atoms with Crippen molar-refractivity contribution in [2.75, 3.05) is 17.3 Å². The molecule has 1 aromatic heterocycles. The van der Waals surface area contributed by atoms with E-state index in [1.165, 1.54) is 0 Å². The second-order valence-corrected chi connectivity index (χ2v) is 3.07. The summed E-state index contributed by atoms with van der Waals surface area (Å²) >= 11 is 0. The molecule has 0 aromatic carbocycles. The molecule has 102 valence electrons. The molecule has 1 aromatic rings. The number of hydrogen-bond donors (Lipinski definition) is 3. The molecular weight excluding hydrogens is 268 g/mol. The lowest BCUT2D eigenvalue weighted by atomic mass is 10.3. The number of hydrazine groups is 1. The van der Waals surface area contributed by atoms with Gasteiger partial charge in [0.1, 0.15) is 12.4 Å². The summed E-state index contributed by atoms with van der Waals surface area (Å²) in [4.78, 5) is 6.28. The Balaban J connectivity index is 2.98. The van der Waals surface area contributed by atoms with E-state index in [2.05, 4.69) is 9.97 Å². The Morgan fingerprint density at radius 1 is 1.11 bits per heavy atom. The second kappa shape index (κ2) is 4.84. The van der Waals surface area contributed by atoms with Crippen molar-refractivity contribution in [1.29, 1.82) is 0 Å². The summed E-state index contributed by atoms with van der Waals surface area (Å²) in [5, 5.41) is 1.70. The number of hydrogen-bond acceptors (Lipinski definition) is 5. The van der Waals surface area contributed by atoms with Crippen LogP contribution in [0.4, 0.5) is 38.1 Å². The van der Waals surface area contributed by atoms with Crippen molar-refractivity contribution in [2.45, 2.75) is 12.4 Å². The predicted molar refractivity (Wildman–Crippen MR) is 49.4 cm³/mol. The van der Waals surface area contributed by atoms with Crippen LogP contribution in [-0.2, 0) is 6.18 Å². The molecular formula is C7H7F6N5. The van der Waals surface area contributed by atoms with Crippen molar-refractivity contribution >= 4 is 11.8 Å². The van der Waals surface area contributed by atoms with Crippen molar-refractivity contribution in [3.8, 4) is 0 Å². The van der Waals surface area contributed by atoms with Crippen LogP contribution in [0.3, 0.4) is 0 Å². The van der Waals surface area contributed by atoms with Gasteiger partial charge in [0.15, 0.2) is 5.69 Å². The van der Waals surface area contributed by atoms with Crippen LogP contribution >= 0.6 is 0 Å². The molecule has 0 fully saturated rings. The first-order valence-corrected chi connectivity index (χ1v) is 4.35. The van der Waals surface area contributed by atoms with Crippen LogP contribution in [0, 0.1) is 0 Å². The van der Waals surface area contributed by atoms with Crippen LogP contribution in [0.25, 0.3) is 0 Å². The number of nitrogens with two attached hydrogens (primary N) is 1. The summed E-state index contributed by atoms with van der Waals surface area (Å²) in [5.41, 5.74) is 0.326. The van der Waals surface area contributed by atoms with Crippen LogP contribution in [0.1, 0.15) is 5.69 Å². The number of halogens is 6. The minimum Gasteiger partial charge on any atom is -0.361 e. The molecule has 0 saturated carbocycles. The number of nitrogen functional groups attached to an aromatic ring is 1. The van der Waals surface area contributed by atoms with Gasteiger partial charge < -0.3 is 5.32 Å². The maximum atomic E-state index is 12.3. The minimum atomic E-state index is -4.82. The molecule has 0 aliphatic heterocycles. The Morgan fingerprint density at radius 2 is 1.72 bits per heavy atom. The van der Waals surface area contributed by atoms with Crippen LogP contribution in [0.2, 0.25) is 0 Å². The Labute approximate surface area is 96.4 Å². The molecule has 0 amide bonds. The summed E-state index contributed by atoms with van der Waals surface area (Å²) in [6, 6.07) is 0.354. The van der Waals surface area contributed by atoms with Crippen molar-refractivity contribution in [3.63, 3.8) is 0 Å². The van der Waals surface area contributed by atoms with Gasteiger partial charge in [0.05, 0.1) is 0 Å². The fourth-order valence-electron chi connectivity index (χ4n) is 0.938. The lowest BCUT2D eigenvalue weighted by molar-refractivity contribution is -0.141. The SMILES string of the molecule is NNc1nc(NCC(F)(F)F)cc(C(F)(F)F)n1. The standard InChI is InChI=1S/C7H7F6N5/c8-6(9,10)2-15-4-1-3(7(11,12)13)16-5(17-4)18-14/h1H,2,14H2,(H2,15,16,17,18). The summed E-state index contributed by atoms with van der Waals surface area (Å²) in [7, 11) is 0. The number of anilines is 2. The molecule has 5 nitrogen and oxygen atoms in total. The topological polar surface area (TPSA) is 75.9 Å². The summed E-state index contributed by atoms with van der Waals surface area (Å²) in [6.07, 6.45) is -9.40. The van der Waals surface area contributed by atoms with Gasteiger partial charge >= 0.3 is 12.4 Å². The molecule has 4 N–H and O–H groups in total. The number of aromatic nitrogens is 2. The first kappa shape index (κ1) is 14.3. The van der Waals surface area contributed by atoms with Gasteiger partial charge in [0.25, 0.3) is 0 Å². The van der Waals surface area contributed by atoms with E-state index in [-0.39, 0.29) is 0 Å². The van der Waals surface area contributed by atoms with Crippen molar-refractivity contribution < 1.29 is 26.3 Å². The van der Waals surface area contributed by atoms with Gasteiger partial charge in [-0.25, -0.2) is 10.8 Å². The third kappa shape index (κ3) is 4.24. The predicted octanol–water partition coefficient (Wildman–Crippen LogP) is 1.76. The number of nitrogens with one attached hydrogen (secondary N) is 2. The second-order valence-electron chi connectivity index (χ2n) is 3.07. The van der Waals surface area contributed by atoms with E-state index in [4.69, 9.17) is 5.84 Å². The summed E-state index contributed by atoms with van der Waals surface area (Å²) < 4.78 is 72.7. The zero-order valence-electron chi connectivity index (χ0n) is 8.52. The number of rotatable bonds is 3. The van der Waals surface area contributed by atoms with E-state index in [0.29, 0.717) is 6.07 Å². The van der Waals surface area contributed by atoms with Crippen LogP contribution in [0.5, 0.6) is 0 Å². The average molecular weight is 275 g/mol. The lowest BCUT2D eigenvalue weighted by Crippen LogP contribution is -2.23. The third-order valence-corrected chi connectivity index (χ3v) is 1.62. The highest BCUT2D eigenvalue weighted by Gasteiger charge is 2.34. The molecule has 1 heterocycles. The maximum Gasteiger partial charge on any atom is 0.433 e. The fraction of sp³-hybridized carbons (Fsp3) is 0.429. The molecule has 0 radical (unpaired) electrons. The van der Waals surface area contributed by atoms with E-state index in [0.717, 1.165) is 0 Å². The Kier molecular flexibility index (Phi) is 3.84. The highest BCUT2D eigenvalue weighted by Crippen LogP contribution is 2.29. The minimum absolute atomic E-state index is 0.354. The van der Waals surface area contributed by atoms with E-state index in [1.54, 1.807) is 10.7 Å². The van der Waals surface area contributed by atoms with Crippen LogP contribution < -0.4 is 16.6 Å². The van der Waals surface area contributed by atoms with Gasteiger partial charge in [0.2, 0.25) is 5.95 Å². The van der Waals surface area contributed by atoms with Gasteiger partial charge in [-0.05, 0) is 0 Å². The molecule has 0 spiro atoms. The monoisotopic (exact) mass is 275 g/mol. The Hall–Kier alpha value is -1.78. The Bertz CT molecular complexity index is 414. The molecule has 1 rings (SSSR count). The van der Waals surface area contributed by atoms with Gasteiger partial charge in [0, 0.05) is 6.07 Å². The van der Waals surface area contributed by atoms with E-state index in [9.17, 15) is 26.3 Å². The van der Waals surface area contributed by atoms with Gasteiger partial charge in [-0.1, -0.05) is 0 Å². The van der Waals surface area contributed by atoms with E-state index < -0.39 is 36.4 Å². The normalized spacial score (nSPS) is 12.4.